The van der Waals surface area contributed by atoms with Crippen LogP contribution in [0.5, 0.6) is 0 Å². The molecule has 0 saturated carbocycles. The molecule has 124 valence electrons. The van der Waals surface area contributed by atoms with Gasteiger partial charge in [0.25, 0.3) is 0 Å². The molecule has 1 aromatic rings. The first-order chi connectivity index (χ1) is 10.5. The van der Waals surface area contributed by atoms with Crippen molar-refractivity contribution in [2.75, 3.05) is 0 Å². The molecule has 0 aliphatic carbocycles. The van der Waals surface area contributed by atoms with Gasteiger partial charge in [0.1, 0.15) is 0 Å². The first kappa shape index (κ1) is 24.0. The fourth-order valence-electron chi connectivity index (χ4n) is 2.09. The smallest absolute Gasteiger partial charge is 0.154 e. The minimum absolute atomic E-state index is 0.150. The lowest BCUT2D eigenvalue weighted by Gasteiger charge is -2.22. The lowest BCUT2D eigenvalue weighted by atomic mass is 9.86. The average Bonchev–Trinajstić information content (AvgIpc) is 2.57. The van der Waals surface area contributed by atoms with E-state index in [0.717, 1.165) is 12.0 Å². The monoisotopic (exact) mass is 375 g/mol. The van der Waals surface area contributed by atoms with E-state index in [9.17, 15) is 4.79 Å². The number of Topliss-reactive ketones (excluding diaryl/α,β-unsaturated/α-hetero) is 1. The molecule has 0 unspecified atom stereocenters. The van der Waals surface area contributed by atoms with Crippen LogP contribution in [0.25, 0.3) is 0 Å². The third-order valence-electron chi connectivity index (χ3n) is 3.85. The van der Waals surface area contributed by atoms with Crippen LogP contribution in [0, 0.1) is 11.8 Å². The predicted octanol–water partition coefficient (Wildman–Crippen LogP) is 2.97. The molecule has 0 amide bonds. The summed E-state index contributed by atoms with van der Waals surface area (Å²) in [5, 5.41) is 0. The molecule has 0 bridgehead atoms. The van der Waals surface area contributed by atoms with Gasteiger partial charge < -0.3 is 5.73 Å². The number of hydrogen-bond donors (Lipinski definition) is 1. The van der Waals surface area contributed by atoms with Gasteiger partial charge in [-0.15, -0.1) is 0 Å². The lowest BCUT2D eigenvalue weighted by molar-refractivity contribution is -0.121. The second-order valence-corrected chi connectivity index (χ2v) is 5.39. The van der Waals surface area contributed by atoms with E-state index in [0.29, 0.717) is 12.3 Å². The van der Waals surface area contributed by atoms with Crippen LogP contribution in [0.2, 0.25) is 0 Å². The van der Waals surface area contributed by atoms with E-state index < -0.39 is 0 Å². The summed E-state index contributed by atoms with van der Waals surface area (Å²) in [5.41, 5.74) is 8.42. The van der Waals surface area contributed by atoms with E-state index in [-0.39, 0.29) is 17.7 Å². The molecule has 0 fully saturated rings. The SMILES string of the molecule is CCc1ccccc1CC(=O)[C@@H](N)[C@H](C)C(C)C.S=S.S=S. The number of carbonyl (C=O) groups excluding carboxylic acids is 1. The molecule has 0 spiro atoms. The maximum atomic E-state index is 12.2. The summed E-state index contributed by atoms with van der Waals surface area (Å²) in [5.74, 6) is 0.814. The van der Waals surface area contributed by atoms with Gasteiger partial charge in [-0.2, -0.15) is 0 Å². The lowest BCUT2D eigenvalue weighted by Crippen LogP contribution is -2.40. The second kappa shape index (κ2) is 14.3. The maximum Gasteiger partial charge on any atom is 0.154 e. The van der Waals surface area contributed by atoms with E-state index in [2.05, 4.69) is 78.5 Å². The summed E-state index contributed by atoms with van der Waals surface area (Å²) in [6.45, 7) is 8.38. The zero-order chi connectivity index (χ0) is 17.7. The van der Waals surface area contributed by atoms with Gasteiger partial charge in [-0.3, -0.25) is 4.79 Å². The predicted molar refractivity (Wildman–Crippen MR) is 106 cm³/mol. The van der Waals surface area contributed by atoms with Crippen molar-refractivity contribution in [2.24, 2.45) is 17.6 Å². The number of carbonyl (C=O) groups is 1. The third-order valence-corrected chi connectivity index (χ3v) is 3.85. The molecule has 2 N–H and O–H groups in total. The standard InChI is InChI=1S/C16H25NO.2S2/c1-5-13-8-6-7-9-14(13)10-15(18)16(17)12(4)11(2)3;2*1-2/h6-9,11-12,16H,5,10,17H2,1-4H3;;/t12-,16+;;/m1../s1. The molecule has 0 aliphatic rings. The van der Waals surface area contributed by atoms with Crippen molar-refractivity contribution in [3.8, 4) is 0 Å². The van der Waals surface area contributed by atoms with Gasteiger partial charge in [-0.25, -0.2) is 0 Å². The Bertz CT molecular complexity index is 438. The highest BCUT2D eigenvalue weighted by Gasteiger charge is 2.23. The first-order valence-electron chi connectivity index (χ1n) is 7.15. The Kier molecular flexibility index (Phi) is 15.6. The summed E-state index contributed by atoms with van der Waals surface area (Å²) in [7, 11) is 0. The zero-order valence-electron chi connectivity index (χ0n) is 13.6. The molecular formula is C16H25NOS4. The summed E-state index contributed by atoms with van der Waals surface area (Å²) < 4.78 is 0. The van der Waals surface area contributed by atoms with Crippen LogP contribution in [-0.2, 0) is 62.4 Å². The molecule has 0 aromatic heterocycles. The number of rotatable bonds is 6. The normalized spacial score (nSPS) is 12.3. The summed E-state index contributed by atoms with van der Waals surface area (Å²) >= 11 is 14.7. The van der Waals surface area contributed by atoms with Crippen molar-refractivity contribution in [3.05, 3.63) is 35.4 Å². The molecule has 2 nitrogen and oxygen atoms in total. The summed E-state index contributed by atoms with van der Waals surface area (Å²) in [6, 6.07) is 7.77. The van der Waals surface area contributed by atoms with E-state index in [4.69, 9.17) is 5.73 Å². The van der Waals surface area contributed by atoms with Crippen LogP contribution in [0.4, 0.5) is 0 Å². The fourth-order valence-corrected chi connectivity index (χ4v) is 2.09. The van der Waals surface area contributed by atoms with Gasteiger partial charge in [-0.05, 0) is 29.4 Å². The Morgan fingerprint density at radius 2 is 1.50 bits per heavy atom. The van der Waals surface area contributed by atoms with Crippen molar-refractivity contribution in [1.29, 1.82) is 0 Å². The highest BCUT2D eigenvalue weighted by Crippen LogP contribution is 2.17. The van der Waals surface area contributed by atoms with Crippen LogP contribution in [0.1, 0.15) is 38.8 Å². The van der Waals surface area contributed by atoms with Crippen LogP contribution >= 0.6 is 0 Å². The van der Waals surface area contributed by atoms with Crippen LogP contribution < -0.4 is 5.73 Å². The summed E-state index contributed by atoms with van der Waals surface area (Å²) in [6.07, 6.45) is 1.42. The molecule has 0 aliphatic heterocycles. The van der Waals surface area contributed by atoms with E-state index in [1.807, 2.05) is 18.2 Å². The average molecular weight is 376 g/mol. The molecule has 2 atom stereocenters. The van der Waals surface area contributed by atoms with Gasteiger partial charge in [0.05, 0.1) is 6.04 Å². The highest BCUT2D eigenvalue weighted by atomic mass is 32.8. The summed E-state index contributed by atoms with van der Waals surface area (Å²) in [4.78, 5) is 12.2. The highest BCUT2D eigenvalue weighted by molar-refractivity contribution is 8.07. The minimum atomic E-state index is -0.352. The Morgan fingerprint density at radius 1 is 1.05 bits per heavy atom. The molecule has 0 heterocycles. The van der Waals surface area contributed by atoms with Crippen LogP contribution in [-0.4, -0.2) is 11.8 Å². The number of benzene rings is 1. The Balaban J connectivity index is 0. The van der Waals surface area contributed by atoms with Crippen LogP contribution in [0.15, 0.2) is 24.3 Å². The van der Waals surface area contributed by atoms with E-state index in [1.165, 1.54) is 5.56 Å². The first-order valence-corrected chi connectivity index (χ1v) is 9.82. The molecule has 1 aromatic carbocycles. The van der Waals surface area contributed by atoms with Gasteiger partial charge >= 0.3 is 0 Å². The van der Waals surface area contributed by atoms with Crippen molar-refractivity contribution in [2.45, 2.75) is 46.6 Å². The van der Waals surface area contributed by atoms with E-state index >= 15 is 0 Å². The molecule has 22 heavy (non-hydrogen) atoms. The zero-order valence-corrected chi connectivity index (χ0v) is 16.8. The molecular weight excluding hydrogens is 350 g/mol. The third kappa shape index (κ3) is 8.39. The molecule has 0 radical (unpaired) electrons. The van der Waals surface area contributed by atoms with Gasteiger partial charge in [0.15, 0.2) is 5.78 Å². The number of aryl methyl sites for hydroxylation is 1. The fraction of sp³-hybridized carbons (Fsp3) is 0.562. The minimum Gasteiger partial charge on any atom is -0.321 e. The molecule has 6 heteroatoms. The number of hydrogen-bond acceptors (Lipinski definition) is 6. The topological polar surface area (TPSA) is 43.1 Å². The largest absolute Gasteiger partial charge is 0.321 e. The van der Waals surface area contributed by atoms with Crippen molar-refractivity contribution in [3.63, 3.8) is 0 Å². The van der Waals surface area contributed by atoms with Gasteiger partial charge in [0.2, 0.25) is 0 Å². The Morgan fingerprint density at radius 3 is 1.91 bits per heavy atom. The molecule has 1 rings (SSSR count). The van der Waals surface area contributed by atoms with Crippen molar-refractivity contribution < 1.29 is 4.79 Å². The second-order valence-electron chi connectivity index (χ2n) is 5.39. The number of nitrogens with two attached hydrogens (primary N) is 1. The molecule has 0 saturated heterocycles. The Hall–Kier alpha value is -0.270. The van der Waals surface area contributed by atoms with Crippen molar-refractivity contribution in [1.82, 2.24) is 0 Å². The van der Waals surface area contributed by atoms with Gasteiger partial charge in [0, 0.05) is 51.2 Å². The Labute approximate surface area is 154 Å². The van der Waals surface area contributed by atoms with Crippen LogP contribution in [0.3, 0.4) is 0 Å². The quantitative estimate of drug-likeness (QED) is 0.824. The number of ketones is 1. The van der Waals surface area contributed by atoms with E-state index in [1.54, 1.807) is 0 Å². The van der Waals surface area contributed by atoms with Gasteiger partial charge in [-0.1, -0.05) is 52.0 Å². The maximum absolute atomic E-state index is 12.2. The van der Waals surface area contributed by atoms with Crippen molar-refractivity contribution >= 4 is 50.5 Å².